The predicted octanol–water partition coefficient (Wildman–Crippen LogP) is 4.55. The lowest BCUT2D eigenvalue weighted by molar-refractivity contribution is 0.0695. The van der Waals surface area contributed by atoms with E-state index in [1.165, 1.54) is 30.1 Å². The Morgan fingerprint density at radius 3 is 2.79 bits per heavy atom. The number of nitrogen functional groups attached to an aromatic ring is 1. The van der Waals surface area contributed by atoms with Crippen LogP contribution in [0.25, 0.3) is 16.6 Å². The van der Waals surface area contributed by atoms with Crippen LogP contribution < -0.4 is 25.5 Å². The van der Waals surface area contributed by atoms with E-state index in [9.17, 15) is 14.7 Å². The van der Waals surface area contributed by atoms with E-state index < -0.39 is 22.8 Å². The summed E-state index contributed by atoms with van der Waals surface area (Å²) in [7, 11) is 1.49. The smallest absolute Gasteiger partial charge is 0.341 e. The number of carboxylic acid groups (broad SMARTS) is 1. The quantitative estimate of drug-likeness (QED) is 0.337. The predicted molar refractivity (Wildman–Crippen MR) is 147 cm³/mol. The molecule has 39 heavy (non-hydrogen) atoms. The lowest BCUT2D eigenvalue weighted by Gasteiger charge is -2.28. The van der Waals surface area contributed by atoms with Crippen LogP contribution in [0.5, 0.6) is 11.8 Å². The van der Waals surface area contributed by atoms with Crippen molar-refractivity contribution in [3.05, 3.63) is 75.4 Å². The summed E-state index contributed by atoms with van der Waals surface area (Å²) in [5.74, 6) is -1.30. The molecule has 1 atom stereocenters. The molecule has 0 amide bonds. The topological polar surface area (TPSA) is 133 Å². The number of fused-ring (bicyclic) bond motifs is 1. The molecule has 1 unspecified atom stereocenters. The van der Waals surface area contributed by atoms with Crippen LogP contribution in [0.1, 0.15) is 30.6 Å². The maximum absolute atomic E-state index is 15.5. The van der Waals surface area contributed by atoms with Crippen molar-refractivity contribution in [1.82, 2.24) is 14.5 Å². The minimum Gasteiger partial charge on any atom is -0.481 e. The molecule has 10 nitrogen and oxygen atoms in total. The highest BCUT2D eigenvalue weighted by atomic mass is 35.5. The van der Waals surface area contributed by atoms with Gasteiger partial charge in [-0.05, 0) is 37.1 Å². The molecule has 0 saturated carbocycles. The van der Waals surface area contributed by atoms with Gasteiger partial charge in [-0.15, -0.1) is 0 Å². The molecule has 1 aliphatic rings. The summed E-state index contributed by atoms with van der Waals surface area (Å²) < 4.78 is 28.0. The Hall–Kier alpha value is -4.38. The minimum absolute atomic E-state index is 0. The van der Waals surface area contributed by atoms with Crippen molar-refractivity contribution in [2.75, 3.05) is 30.9 Å². The molecule has 4 heterocycles. The number of rotatable bonds is 7. The van der Waals surface area contributed by atoms with E-state index in [0.717, 1.165) is 18.9 Å². The van der Waals surface area contributed by atoms with Gasteiger partial charge in [-0.2, -0.15) is 4.98 Å². The summed E-state index contributed by atoms with van der Waals surface area (Å²) in [6.45, 7) is 0.735. The standard InChI is InChI=1S/C26H23ClFN5O5.CH4/c1-37-23-5-4-18(27)25(31-23)38-13-15-3-2-8-32(15)21-11-20-16(10-19(21)28)24(34)17(26(35)36)12-33(20)14-6-7-30-22(29)9-14;/h4-7,9-12,15H,2-3,8,13H2,1H3,(H2,29,30)(H,35,36);1H4. The van der Waals surface area contributed by atoms with Crippen molar-refractivity contribution in [1.29, 1.82) is 0 Å². The number of ether oxygens (including phenoxy) is 2. The average molecular weight is 556 g/mol. The second kappa shape index (κ2) is 11.2. The first-order valence-electron chi connectivity index (χ1n) is 11.7. The first-order chi connectivity index (χ1) is 18.3. The largest absolute Gasteiger partial charge is 0.481 e. The summed E-state index contributed by atoms with van der Waals surface area (Å²) in [4.78, 5) is 34.8. The number of hydrogen-bond donors (Lipinski definition) is 2. The van der Waals surface area contributed by atoms with Crippen LogP contribution >= 0.6 is 11.6 Å². The lowest BCUT2D eigenvalue weighted by Crippen LogP contribution is -2.35. The monoisotopic (exact) mass is 555 g/mol. The van der Waals surface area contributed by atoms with Crippen molar-refractivity contribution in [2.24, 2.45) is 0 Å². The van der Waals surface area contributed by atoms with Gasteiger partial charge in [0, 0.05) is 36.5 Å². The Kier molecular flexibility index (Phi) is 7.91. The number of nitrogens with zero attached hydrogens (tertiary/aromatic N) is 4. The number of methoxy groups -OCH3 is 1. The van der Waals surface area contributed by atoms with Crippen LogP contribution in [-0.2, 0) is 0 Å². The number of pyridine rings is 3. The molecule has 3 N–H and O–H groups in total. The molecule has 3 aromatic heterocycles. The fourth-order valence-electron chi connectivity index (χ4n) is 4.63. The molecule has 1 fully saturated rings. The number of anilines is 2. The zero-order valence-corrected chi connectivity index (χ0v) is 21.0. The summed E-state index contributed by atoms with van der Waals surface area (Å²) in [6.07, 6.45) is 4.19. The molecule has 1 saturated heterocycles. The van der Waals surface area contributed by atoms with E-state index in [4.69, 9.17) is 26.8 Å². The van der Waals surface area contributed by atoms with Crippen LogP contribution in [0.4, 0.5) is 15.9 Å². The Labute approximate surface area is 228 Å². The number of carboxylic acids is 1. The van der Waals surface area contributed by atoms with Crippen molar-refractivity contribution in [3.63, 3.8) is 0 Å². The van der Waals surface area contributed by atoms with Crippen LogP contribution in [0.15, 0.2) is 53.6 Å². The molecule has 0 radical (unpaired) electrons. The van der Waals surface area contributed by atoms with E-state index in [1.54, 1.807) is 24.3 Å². The fourth-order valence-corrected chi connectivity index (χ4v) is 4.79. The molecule has 12 heteroatoms. The summed E-state index contributed by atoms with van der Waals surface area (Å²) in [5.41, 5.74) is 5.63. The van der Waals surface area contributed by atoms with Crippen molar-refractivity contribution in [3.8, 4) is 17.4 Å². The first kappa shape index (κ1) is 27.6. The van der Waals surface area contributed by atoms with E-state index in [-0.39, 0.29) is 42.8 Å². The third-order valence-electron chi connectivity index (χ3n) is 6.44. The molecule has 204 valence electrons. The molecule has 4 aromatic rings. The van der Waals surface area contributed by atoms with Crippen LogP contribution in [0.3, 0.4) is 0 Å². The van der Waals surface area contributed by atoms with Gasteiger partial charge in [-0.3, -0.25) is 4.79 Å². The second-order valence-corrected chi connectivity index (χ2v) is 9.15. The summed E-state index contributed by atoms with van der Waals surface area (Å²) in [6, 6.07) is 8.81. The number of halogens is 2. The van der Waals surface area contributed by atoms with Crippen LogP contribution in [0.2, 0.25) is 5.02 Å². The lowest BCUT2D eigenvalue weighted by atomic mass is 10.1. The highest BCUT2D eigenvalue weighted by Gasteiger charge is 2.29. The molecular weight excluding hydrogens is 529 g/mol. The van der Waals surface area contributed by atoms with Gasteiger partial charge in [0.15, 0.2) is 0 Å². The number of benzene rings is 1. The Balaban J connectivity index is 0.00000353. The number of aromatic carboxylic acids is 1. The van der Waals surface area contributed by atoms with Crippen LogP contribution in [-0.4, -0.2) is 51.9 Å². The maximum atomic E-state index is 15.5. The van der Waals surface area contributed by atoms with Gasteiger partial charge in [0.1, 0.15) is 28.8 Å². The third kappa shape index (κ3) is 5.30. The molecular formula is C27H27ClFN5O5. The number of aromatic nitrogens is 3. The first-order valence-corrected chi connectivity index (χ1v) is 12.1. The van der Waals surface area contributed by atoms with E-state index >= 15 is 4.39 Å². The molecule has 0 spiro atoms. The highest BCUT2D eigenvalue weighted by molar-refractivity contribution is 6.31. The van der Waals surface area contributed by atoms with Gasteiger partial charge in [0.05, 0.1) is 30.0 Å². The Morgan fingerprint density at radius 1 is 1.28 bits per heavy atom. The summed E-state index contributed by atoms with van der Waals surface area (Å²) in [5, 5.41) is 9.85. The van der Waals surface area contributed by atoms with E-state index in [2.05, 4.69) is 9.97 Å². The van der Waals surface area contributed by atoms with Gasteiger partial charge >= 0.3 is 5.97 Å². The van der Waals surface area contributed by atoms with Crippen molar-refractivity contribution >= 4 is 40.0 Å². The number of nitrogens with two attached hydrogens (primary N) is 1. The minimum atomic E-state index is -1.42. The van der Waals surface area contributed by atoms with E-state index in [0.29, 0.717) is 28.7 Å². The van der Waals surface area contributed by atoms with E-state index in [1.807, 2.05) is 4.90 Å². The van der Waals surface area contributed by atoms with Gasteiger partial charge in [0.25, 0.3) is 0 Å². The molecule has 0 aliphatic carbocycles. The molecule has 5 rings (SSSR count). The zero-order chi connectivity index (χ0) is 27.0. The zero-order valence-electron chi connectivity index (χ0n) is 20.2. The normalized spacial score (nSPS) is 14.7. The van der Waals surface area contributed by atoms with Gasteiger partial charge in [-0.1, -0.05) is 19.0 Å². The number of hydrogen-bond acceptors (Lipinski definition) is 8. The van der Waals surface area contributed by atoms with Gasteiger partial charge < -0.3 is 29.8 Å². The molecule has 0 bridgehead atoms. The summed E-state index contributed by atoms with van der Waals surface area (Å²) >= 11 is 6.22. The Bertz CT molecular complexity index is 1610. The van der Waals surface area contributed by atoms with Crippen LogP contribution in [0, 0.1) is 5.82 Å². The fraction of sp³-hybridized carbons (Fsp3) is 0.259. The van der Waals surface area contributed by atoms with Gasteiger partial charge in [-0.25, -0.2) is 14.2 Å². The molecule has 1 aromatic carbocycles. The van der Waals surface area contributed by atoms with Crippen molar-refractivity contribution in [2.45, 2.75) is 26.3 Å². The second-order valence-electron chi connectivity index (χ2n) is 8.75. The number of carbonyl (C=O) groups is 1. The SMILES string of the molecule is C.COc1ccc(Cl)c(OCC2CCCN2c2cc3c(cc2F)c(=O)c(C(=O)O)cn3-c2ccnc(N)c2)n1. The third-order valence-corrected chi connectivity index (χ3v) is 6.73. The highest BCUT2D eigenvalue weighted by Crippen LogP contribution is 2.33. The Morgan fingerprint density at radius 2 is 2.08 bits per heavy atom. The maximum Gasteiger partial charge on any atom is 0.341 e. The van der Waals surface area contributed by atoms with Crippen molar-refractivity contribution < 1.29 is 23.8 Å². The molecule has 1 aliphatic heterocycles. The van der Waals surface area contributed by atoms with Gasteiger partial charge in [0.2, 0.25) is 17.2 Å². The average Bonchev–Trinajstić information content (AvgIpc) is 3.36.